The molecule has 2 N–H and O–H groups in total. The number of anilines is 1. The highest BCUT2D eigenvalue weighted by atomic mass is 32.2. The Bertz CT molecular complexity index is 909. The number of rotatable bonds is 6. The van der Waals surface area contributed by atoms with Crippen LogP contribution in [0.25, 0.3) is 0 Å². The molecule has 2 heterocycles. The van der Waals surface area contributed by atoms with E-state index in [1.54, 1.807) is 49.8 Å². The van der Waals surface area contributed by atoms with Gasteiger partial charge in [-0.2, -0.15) is 0 Å². The topological polar surface area (TPSA) is 103 Å². The van der Waals surface area contributed by atoms with E-state index in [1.165, 1.54) is 0 Å². The van der Waals surface area contributed by atoms with Crippen LogP contribution in [0.15, 0.2) is 52.6 Å². The Kier molecular flexibility index (Phi) is 6.99. The summed E-state index contributed by atoms with van der Waals surface area (Å²) in [7, 11) is -1.78. The third kappa shape index (κ3) is 5.64. The molecular weight excluding hydrogens is 390 g/mol. The first-order chi connectivity index (χ1) is 14.0. The summed E-state index contributed by atoms with van der Waals surface area (Å²) in [6.45, 7) is 5.80. The fraction of sp³-hybridized carbons (Fsp3) is 0.421. The molecule has 3 rings (SSSR count). The van der Waals surface area contributed by atoms with E-state index in [1.807, 2.05) is 6.92 Å². The van der Waals surface area contributed by atoms with Crippen LogP contribution >= 0.6 is 0 Å². The Morgan fingerprint density at radius 1 is 1.07 bits per heavy atom. The van der Waals surface area contributed by atoms with Crippen LogP contribution in [0.4, 0.5) is 5.95 Å². The van der Waals surface area contributed by atoms with Crippen molar-refractivity contribution in [1.29, 1.82) is 0 Å². The Hall–Kier alpha value is -2.72. The highest BCUT2D eigenvalue weighted by Gasteiger charge is 2.21. The maximum absolute atomic E-state index is 12.3. The van der Waals surface area contributed by atoms with Crippen molar-refractivity contribution in [2.75, 3.05) is 51.2 Å². The second kappa shape index (κ2) is 9.66. The summed E-state index contributed by atoms with van der Waals surface area (Å²) in [6.07, 6.45) is 3.49. The quantitative estimate of drug-likeness (QED) is 0.400. The van der Waals surface area contributed by atoms with E-state index in [0.717, 1.165) is 43.7 Å². The fourth-order valence-corrected chi connectivity index (χ4v) is 4.10. The molecule has 0 unspecified atom stereocenters. The van der Waals surface area contributed by atoms with Crippen LogP contribution in [0.2, 0.25) is 0 Å². The van der Waals surface area contributed by atoms with E-state index in [2.05, 4.69) is 34.8 Å². The SMILES string of the molecule is CN=C(NCCNS(=O)(=O)c1ccc(C)cc1)N1CCN(c2ncccn2)CC1. The van der Waals surface area contributed by atoms with Crippen molar-refractivity contribution in [3.63, 3.8) is 0 Å². The van der Waals surface area contributed by atoms with Gasteiger partial charge in [-0.1, -0.05) is 17.7 Å². The van der Waals surface area contributed by atoms with Gasteiger partial charge in [0, 0.05) is 58.7 Å². The van der Waals surface area contributed by atoms with E-state index in [0.29, 0.717) is 6.54 Å². The molecular formula is C19H27N7O2S. The predicted octanol–water partition coefficient (Wildman–Crippen LogP) is 0.461. The van der Waals surface area contributed by atoms with Crippen molar-refractivity contribution in [1.82, 2.24) is 24.9 Å². The number of benzene rings is 1. The molecule has 1 fully saturated rings. The highest BCUT2D eigenvalue weighted by molar-refractivity contribution is 7.89. The summed E-state index contributed by atoms with van der Waals surface area (Å²) in [5, 5.41) is 3.23. The number of hydrogen-bond acceptors (Lipinski definition) is 6. The molecule has 1 saturated heterocycles. The molecule has 2 aromatic rings. The minimum absolute atomic E-state index is 0.270. The van der Waals surface area contributed by atoms with Gasteiger partial charge in [0.05, 0.1) is 4.90 Å². The molecule has 0 aliphatic carbocycles. The van der Waals surface area contributed by atoms with Gasteiger partial charge in [0.2, 0.25) is 16.0 Å². The molecule has 10 heteroatoms. The van der Waals surface area contributed by atoms with Gasteiger partial charge in [-0.15, -0.1) is 0 Å². The minimum Gasteiger partial charge on any atom is -0.355 e. The standard InChI is InChI=1S/C19H27N7O2S/c1-16-4-6-17(7-5-16)29(27,28)24-11-10-23-18(20-2)25-12-14-26(15-13-25)19-21-8-3-9-22-19/h3-9,24H,10-15H2,1-2H3,(H,20,23). The van der Waals surface area contributed by atoms with Gasteiger partial charge >= 0.3 is 0 Å². The van der Waals surface area contributed by atoms with Crippen molar-refractivity contribution >= 4 is 21.9 Å². The minimum atomic E-state index is -3.51. The Balaban J connectivity index is 1.45. The van der Waals surface area contributed by atoms with Gasteiger partial charge in [-0.05, 0) is 25.1 Å². The highest BCUT2D eigenvalue weighted by Crippen LogP contribution is 2.10. The molecule has 0 atom stereocenters. The Labute approximate surface area is 171 Å². The molecule has 29 heavy (non-hydrogen) atoms. The van der Waals surface area contributed by atoms with Crippen LogP contribution in [0.1, 0.15) is 5.56 Å². The number of aliphatic imine (C=N–C) groups is 1. The summed E-state index contributed by atoms with van der Waals surface area (Å²) >= 11 is 0. The lowest BCUT2D eigenvalue weighted by atomic mass is 10.2. The Morgan fingerprint density at radius 3 is 2.34 bits per heavy atom. The smallest absolute Gasteiger partial charge is 0.240 e. The molecule has 9 nitrogen and oxygen atoms in total. The van der Waals surface area contributed by atoms with E-state index >= 15 is 0 Å². The zero-order valence-electron chi connectivity index (χ0n) is 16.7. The molecule has 0 spiro atoms. The van der Waals surface area contributed by atoms with Crippen molar-refractivity contribution in [3.8, 4) is 0 Å². The summed E-state index contributed by atoms with van der Waals surface area (Å²) < 4.78 is 27.3. The third-order valence-electron chi connectivity index (χ3n) is 4.66. The second-order valence-electron chi connectivity index (χ2n) is 6.71. The molecule has 1 aliphatic rings. The van der Waals surface area contributed by atoms with Gasteiger partial charge in [-0.25, -0.2) is 23.1 Å². The first-order valence-corrected chi connectivity index (χ1v) is 11.0. The lowest BCUT2D eigenvalue weighted by Crippen LogP contribution is -2.53. The first-order valence-electron chi connectivity index (χ1n) is 9.53. The lowest BCUT2D eigenvalue weighted by Gasteiger charge is -2.36. The van der Waals surface area contributed by atoms with E-state index < -0.39 is 10.0 Å². The van der Waals surface area contributed by atoms with E-state index in [4.69, 9.17) is 0 Å². The van der Waals surface area contributed by atoms with Gasteiger partial charge in [0.25, 0.3) is 0 Å². The number of aromatic nitrogens is 2. The van der Waals surface area contributed by atoms with Crippen LogP contribution < -0.4 is 14.9 Å². The largest absolute Gasteiger partial charge is 0.355 e. The summed E-state index contributed by atoms with van der Waals surface area (Å²) in [6, 6.07) is 8.60. The summed E-state index contributed by atoms with van der Waals surface area (Å²) in [5.41, 5.74) is 1.02. The summed E-state index contributed by atoms with van der Waals surface area (Å²) in [5.74, 6) is 1.49. The van der Waals surface area contributed by atoms with E-state index in [9.17, 15) is 8.42 Å². The molecule has 0 radical (unpaired) electrons. The zero-order valence-corrected chi connectivity index (χ0v) is 17.6. The maximum Gasteiger partial charge on any atom is 0.240 e. The van der Waals surface area contributed by atoms with Crippen LogP contribution in [0.3, 0.4) is 0 Å². The predicted molar refractivity (Wildman–Crippen MR) is 114 cm³/mol. The number of hydrogen-bond donors (Lipinski definition) is 2. The summed E-state index contributed by atoms with van der Waals surface area (Å²) in [4.78, 5) is 17.5. The van der Waals surface area contributed by atoms with E-state index in [-0.39, 0.29) is 11.4 Å². The van der Waals surface area contributed by atoms with Gasteiger partial charge < -0.3 is 15.1 Å². The van der Waals surface area contributed by atoms with Crippen LogP contribution in [0, 0.1) is 6.92 Å². The normalized spacial score (nSPS) is 15.4. The van der Waals surface area contributed by atoms with Crippen molar-refractivity contribution in [3.05, 3.63) is 48.3 Å². The average Bonchev–Trinajstić information content (AvgIpc) is 2.75. The Morgan fingerprint density at radius 2 is 1.72 bits per heavy atom. The number of piperazine rings is 1. The molecule has 1 aliphatic heterocycles. The fourth-order valence-electron chi connectivity index (χ4n) is 3.07. The monoisotopic (exact) mass is 417 g/mol. The molecule has 1 aromatic heterocycles. The van der Waals surface area contributed by atoms with Crippen LogP contribution in [-0.2, 0) is 10.0 Å². The maximum atomic E-state index is 12.3. The van der Waals surface area contributed by atoms with Crippen molar-refractivity contribution in [2.24, 2.45) is 4.99 Å². The van der Waals surface area contributed by atoms with Gasteiger partial charge in [-0.3, -0.25) is 4.99 Å². The van der Waals surface area contributed by atoms with Gasteiger partial charge in [0.15, 0.2) is 5.96 Å². The first kappa shape index (κ1) is 21.0. The van der Waals surface area contributed by atoms with Crippen LogP contribution in [-0.4, -0.2) is 75.6 Å². The van der Waals surface area contributed by atoms with Gasteiger partial charge in [0.1, 0.15) is 0 Å². The van der Waals surface area contributed by atoms with Crippen molar-refractivity contribution < 1.29 is 8.42 Å². The van der Waals surface area contributed by atoms with Crippen molar-refractivity contribution in [2.45, 2.75) is 11.8 Å². The molecule has 1 aromatic carbocycles. The second-order valence-corrected chi connectivity index (χ2v) is 8.47. The number of guanidine groups is 1. The third-order valence-corrected chi connectivity index (χ3v) is 6.13. The number of nitrogens with one attached hydrogen (secondary N) is 2. The number of nitrogens with zero attached hydrogens (tertiary/aromatic N) is 5. The average molecular weight is 418 g/mol. The molecule has 0 amide bonds. The number of aryl methyl sites for hydroxylation is 1. The molecule has 0 bridgehead atoms. The zero-order chi connectivity index (χ0) is 20.7. The van der Waals surface area contributed by atoms with Crippen LogP contribution in [0.5, 0.6) is 0 Å². The number of sulfonamides is 1. The molecule has 156 valence electrons. The molecule has 0 saturated carbocycles. The lowest BCUT2D eigenvalue weighted by molar-refractivity contribution is 0.370.